The van der Waals surface area contributed by atoms with Crippen molar-refractivity contribution in [2.24, 2.45) is 5.92 Å². The number of halogens is 2. The van der Waals surface area contributed by atoms with Gasteiger partial charge in [0.15, 0.2) is 5.50 Å². The zero-order valence-electron chi connectivity index (χ0n) is 18.8. The number of nitrogens with zero attached hydrogens (tertiary/aromatic N) is 1. The van der Waals surface area contributed by atoms with Crippen LogP contribution in [0, 0.1) is 5.92 Å². The molecule has 1 amide bonds. The molecule has 4 nitrogen and oxygen atoms in total. The van der Waals surface area contributed by atoms with Gasteiger partial charge >= 0.3 is 0 Å². The highest BCUT2D eigenvalue weighted by Crippen LogP contribution is 2.42. The first-order valence-corrected chi connectivity index (χ1v) is 13.2. The quantitative estimate of drug-likeness (QED) is 0.350. The molecule has 0 spiro atoms. The number of benzene rings is 2. The SMILES string of the molecule is C[C@H]1CCCC[C@@H]1N1C(=O)/C(=C/c2ccc(-c3cc(Cl)ccc3Cl)o2)SC1Nc1ccccc1. The molecule has 5 rings (SSSR count). The Bertz CT molecular complexity index is 1210. The van der Waals surface area contributed by atoms with Crippen LogP contribution >= 0.6 is 35.0 Å². The predicted octanol–water partition coefficient (Wildman–Crippen LogP) is 8.14. The fourth-order valence-electron chi connectivity index (χ4n) is 4.76. The molecule has 34 heavy (non-hydrogen) atoms. The van der Waals surface area contributed by atoms with Crippen molar-refractivity contribution in [1.29, 1.82) is 0 Å². The molecule has 0 radical (unpaired) electrons. The molecule has 0 bridgehead atoms. The second-order valence-corrected chi connectivity index (χ2v) is 10.8. The van der Waals surface area contributed by atoms with E-state index in [9.17, 15) is 4.79 Å². The van der Waals surface area contributed by atoms with Crippen molar-refractivity contribution in [2.45, 2.75) is 44.1 Å². The zero-order valence-corrected chi connectivity index (χ0v) is 21.2. The normalized spacial score (nSPS) is 24.1. The van der Waals surface area contributed by atoms with Gasteiger partial charge in [-0.2, -0.15) is 0 Å². The number of furan rings is 1. The van der Waals surface area contributed by atoms with Crippen LogP contribution in [0.15, 0.2) is 70.0 Å². The molecule has 1 N–H and O–H groups in total. The van der Waals surface area contributed by atoms with Crippen LogP contribution in [0.2, 0.25) is 10.0 Å². The van der Waals surface area contributed by atoms with Crippen LogP contribution in [-0.2, 0) is 4.79 Å². The topological polar surface area (TPSA) is 45.5 Å². The van der Waals surface area contributed by atoms with Crippen LogP contribution in [0.25, 0.3) is 17.4 Å². The molecule has 2 heterocycles. The molecule has 1 aromatic heterocycles. The molecular formula is C27H26Cl2N2O2S. The third kappa shape index (κ3) is 4.88. The van der Waals surface area contributed by atoms with Gasteiger partial charge in [0.2, 0.25) is 0 Å². The first-order chi connectivity index (χ1) is 16.5. The van der Waals surface area contributed by atoms with E-state index in [4.69, 9.17) is 27.6 Å². The lowest BCUT2D eigenvalue weighted by atomic mass is 9.85. The number of hydrogen-bond acceptors (Lipinski definition) is 4. The van der Waals surface area contributed by atoms with Crippen LogP contribution in [-0.4, -0.2) is 22.3 Å². The molecule has 3 aromatic rings. The molecule has 1 unspecified atom stereocenters. The van der Waals surface area contributed by atoms with E-state index in [2.05, 4.69) is 12.2 Å². The summed E-state index contributed by atoms with van der Waals surface area (Å²) in [7, 11) is 0. The maximum Gasteiger partial charge on any atom is 0.263 e. The van der Waals surface area contributed by atoms with Gasteiger partial charge in [-0.15, -0.1) is 0 Å². The zero-order chi connectivity index (χ0) is 23.7. The Balaban J connectivity index is 1.44. The summed E-state index contributed by atoms with van der Waals surface area (Å²) in [4.78, 5) is 16.4. The number of nitrogens with one attached hydrogen (secondary N) is 1. The molecule has 2 aliphatic rings. The number of amides is 1. The Morgan fingerprint density at radius 2 is 1.85 bits per heavy atom. The minimum absolute atomic E-state index is 0.0518. The van der Waals surface area contributed by atoms with Gasteiger partial charge in [0.05, 0.1) is 9.93 Å². The first-order valence-electron chi connectivity index (χ1n) is 11.6. The Hall–Kier alpha value is -2.34. The fraction of sp³-hybridized carbons (Fsp3) is 0.296. The lowest BCUT2D eigenvalue weighted by molar-refractivity contribution is -0.129. The monoisotopic (exact) mass is 512 g/mol. The van der Waals surface area contributed by atoms with Gasteiger partial charge in [-0.3, -0.25) is 4.79 Å². The largest absolute Gasteiger partial charge is 0.457 e. The summed E-state index contributed by atoms with van der Waals surface area (Å²) in [5, 5.41) is 4.72. The van der Waals surface area contributed by atoms with Crippen molar-refractivity contribution in [3.63, 3.8) is 0 Å². The standard InChI is InChI=1S/C27H26Cl2N2O2S/c1-17-7-5-6-10-23(17)31-26(32)25(34-27(31)30-19-8-3-2-4-9-19)16-20-12-14-24(33-20)21-15-18(28)11-13-22(21)29/h2-4,8-9,11-17,23,27,30H,5-7,10H2,1H3/b25-16-/t17-,23-,27?/m0/s1. The van der Waals surface area contributed by atoms with Crippen LogP contribution in [0.3, 0.4) is 0 Å². The Morgan fingerprint density at radius 3 is 2.65 bits per heavy atom. The molecule has 176 valence electrons. The molecular weight excluding hydrogens is 487 g/mol. The first kappa shape index (κ1) is 23.4. The molecule has 1 saturated heterocycles. The van der Waals surface area contributed by atoms with E-state index in [1.165, 1.54) is 6.42 Å². The smallest absolute Gasteiger partial charge is 0.263 e. The number of rotatable bonds is 5. The number of thioether (sulfide) groups is 1. The fourth-order valence-corrected chi connectivity index (χ4v) is 6.33. The molecule has 1 saturated carbocycles. The summed E-state index contributed by atoms with van der Waals surface area (Å²) in [6.07, 6.45) is 6.40. The van der Waals surface area contributed by atoms with Gasteiger partial charge in [-0.05, 0) is 61.2 Å². The van der Waals surface area contributed by atoms with E-state index in [1.54, 1.807) is 30.0 Å². The van der Waals surface area contributed by atoms with Crippen LogP contribution in [0.1, 0.15) is 38.4 Å². The number of carbonyl (C=O) groups is 1. The Labute approximate surface area is 214 Å². The average molecular weight is 513 g/mol. The van der Waals surface area contributed by atoms with E-state index in [0.29, 0.717) is 32.4 Å². The highest BCUT2D eigenvalue weighted by Gasteiger charge is 2.43. The maximum absolute atomic E-state index is 13.6. The lowest BCUT2D eigenvalue weighted by Gasteiger charge is -2.39. The van der Waals surface area contributed by atoms with Gasteiger partial charge in [-0.1, -0.05) is 72.9 Å². The number of hydrogen-bond donors (Lipinski definition) is 1. The van der Waals surface area contributed by atoms with E-state index >= 15 is 0 Å². The van der Waals surface area contributed by atoms with Crippen LogP contribution in [0.5, 0.6) is 0 Å². The minimum atomic E-state index is -0.163. The van der Waals surface area contributed by atoms with Crippen molar-refractivity contribution in [2.75, 3.05) is 5.32 Å². The molecule has 7 heteroatoms. The summed E-state index contributed by atoms with van der Waals surface area (Å²) in [5.41, 5.74) is 1.56. The third-order valence-corrected chi connectivity index (χ3v) is 8.20. The number of anilines is 1. The minimum Gasteiger partial charge on any atom is -0.457 e. The molecule has 1 aliphatic carbocycles. The maximum atomic E-state index is 13.6. The summed E-state index contributed by atoms with van der Waals surface area (Å²) in [5.74, 6) is 1.75. The van der Waals surface area contributed by atoms with Gasteiger partial charge in [0, 0.05) is 28.4 Å². The van der Waals surface area contributed by atoms with E-state index < -0.39 is 0 Å². The van der Waals surface area contributed by atoms with E-state index in [-0.39, 0.29) is 17.4 Å². The number of carbonyl (C=O) groups excluding carboxylic acids is 1. The van der Waals surface area contributed by atoms with Crippen molar-refractivity contribution in [1.82, 2.24) is 4.90 Å². The summed E-state index contributed by atoms with van der Waals surface area (Å²) in [6, 6.07) is 19.3. The lowest BCUT2D eigenvalue weighted by Crippen LogP contribution is -2.48. The summed E-state index contributed by atoms with van der Waals surface area (Å²) >= 11 is 14.0. The molecule has 3 atom stereocenters. The second kappa shape index (κ2) is 10.1. The second-order valence-electron chi connectivity index (χ2n) is 8.86. The van der Waals surface area contributed by atoms with Crippen molar-refractivity contribution < 1.29 is 9.21 Å². The van der Waals surface area contributed by atoms with Gasteiger partial charge in [0.25, 0.3) is 5.91 Å². The van der Waals surface area contributed by atoms with Crippen molar-refractivity contribution in [3.05, 3.63) is 81.4 Å². The molecule has 1 aliphatic heterocycles. The predicted molar refractivity (Wildman–Crippen MR) is 142 cm³/mol. The number of para-hydroxylation sites is 1. The average Bonchev–Trinajstić information content (AvgIpc) is 3.41. The van der Waals surface area contributed by atoms with Gasteiger partial charge in [-0.25, -0.2) is 0 Å². The summed E-state index contributed by atoms with van der Waals surface area (Å²) in [6.45, 7) is 2.26. The third-order valence-electron chi connectivity index (χ3n) is 6.52. The summed E-state index contributed by atoms with van der Waals surface area (Å²) < 4.78 is 6.05. The molecule has 2 aromatic carbocycles. The Kier molecular flexibility index (Phi) is 6.96. The van der Waals surface area contributed by atoms with Crippen molar-refractivity contribution in [3.8, 4) is 11.3 Å². The van der Waals surface area contributed by atoms with Crippen LogP contribution in [0.4, 0.5) is 5.69 Å². The molecule has 2 fully saturated rings. The van der Waals surface area contributed by atoms with Crippen molar-refractivity contribution >= 4 is 52.6 Å². The Morgan fingerprint density at radius 1 is 1.06 bits per heavy atom. The highest BCUT2D eigenvalue weighted by molar-refractivity contribution is 8.05. The van der Waals surface area contributed by atoms with E-state index in [1.807, 2.05) is 53.4 Å². The van der Waals surface area contributed by atoms with Crippen LogP contribution < -0.4 is 5.32 Å². The van der Waals surface area contributed by atoms with Gasteiger partial charge in [0.1, 0.15) is 11.5 Å². The van der Waals surface area contributed by atoms with E-state index in [0.717, 1.165) is 30.5 Å². The van der Waals surface area contributed by atoms with Gasteiger partial charge < -0.3 is 14.6 Å². The highest BCUT2D eigenvalue weighted by atomic mass is 35.5.